The van der Waals surface area contributed by atoms with Crippen molar-refractivity contribution in [1.82, 2.24) is 4.98 Å². The molecular formula is C28H39N3O3. The van der Waals surface area contributed by atoms with Gasteiger partial charge in [0.15, 0.2) is 5.78 Å². The van der Waals surface area contributed by atoms with Gasteiger partial charge in [0.25, 0.3) is 0 Å². The number of ether oxygens (including phenoxy) is 1. The van der Waals surface area contributed by atoms with Crippen molar-refractivity contribution in [3.63, 3.8) is 0 Å². The van der Waals surface area contributed by atoms with Gasteiger partial charge in [-0.2, -0.15) is 10.2 Å². The number of aromatic nitrogens is 1. The zero-order chi connectivity index (χ0) is 24.4. The molecule has 6 nitrogen and oxygen atoms in total. The smallest absolute Gasteiger partial charge is 0.311 e. The van der Waals surface area contributed by atoms with Gasteiger partial charge in [0, 0.05) is 6.92 Å². The Morgan fingerprint density at radius 2 is 1.82 bits per heavy atom. The number of fused-ring (bicyclic) bond motifs is 3. The van der Waals surface area contributed by atoms with Crippen molar-refractivity contribution >= 4 is 17.4 Å². The molecule has 0 aromatic carbocycles. The first-order valence-corrected chi connectivity index (χ1v) is 13.0. The summed E-state index contributed by atoms with van der Waals surface area (Å²) in [6, 6.07) is 3.77. The quantitative estimate of drug-likeness (QED) is 0.281. The molecule has 5 rings (SSSR count). The third-order valence-electron chi connectivity index (χ3n) is 10.7. The second kappa shape index (κ2) is 7.96. The largest absolute Gasteiger partial charge is 0.469 e. The highest BCUT2D eigenvalue weighted by atomic mass is 16.5. The number of esters is 1. The van der Waals surface area contributed by atoms with Crippen LogP contribution in [0.1, 0.15) is 96.0 Å². The minimum absolute atomic E-state index is 0.0116. The summed E-state index contributed by atoms with van der Waals surface area (Å²) in [7, 11) is 1.55. The predicted octanol–water partition coefficient (Wildman–Crippen LogP) is 6.71. The van der Waals surface area contributed by atoms with E-state index in [-0.39, 0.29) is 34.0 Å². The van der Waals surface area contributed by atoms with Gasteiger partial charge in [-0.15, -0.1) is 0 Å². The number of carbonyl (C=O) groups is 2. The van der Waals surface area contributed by atoms with Gasteiger partial charge in [-0.1, -0.05) is 20.3 Å². The summed E-state index contributed by atoms with van der Waals surface area (Å²) in [5.74, 6) is 0.976. The molecular weight excluding hydrogens is 426 g/mol. The molecule has 0 saturated heterocycles. The Kier molecular flexibility index (Phi) is 5.53. The first kappa shape index (κ1) is 23.6. The molecule has 7 atom stereocenters. The fourth-order valence-corrected chi connectivity index (χ4v) is 9.18. The van der Waals surface area contributed by atoms with Gasteiger partial charge in [0.1, 0.15) is 11.4 Å². The van der Waals surface area contributed by atoms with Crippen molar-refractivity contribution in [2.24, 2.45) is 43.7 Å². The number of carbonyl (C=O) groups excluding carboxylic acids is 2. The van der Waals surface area contributed by atoms with Crippen LogP contribution in [-0.4, -0.2) is 29.9 Å². The van der Waals surface area contributed by atoms with Gasteiger partial charge in [0.2, 0.25) is 0 Å². The molecule has 4 aliphatic carbocycles. The molecule has 6 heteroatoms. The van der Waals surface area contributed by atoms with Crippen LogP contribution < -0.4 is 0 Å². The highest BCUT2D eigenvalue weighted by Crippen LogP contribution is 2.74. The first-order chi connectivity index (χ1) is 16.1. The lowest BCUT2D eigenvalue weighted by Gasteiger charge is -2.64. The number of nitrogens with zero attached hydrogens (tertiary/aromatic N) is 3. The summed E-state index contributed by atoms with van der Waals surface area (Å²) in [6.07, 6.45) is 11.9. The molecule has 0 N–H and O–H groups in total. The van der Waals surface area contributed by atoms with Gasteiger partial charge in [-0.3, -0.25) is 14.6 Å². The van der Waals surface area contributed by atoms with E-state index in [9.17, 15) is 9.59 Å². The average Bonchev–Trinajstić information content (AvgIpc) is 3.01. The van der Waals surface area contributed by atoms with Crippen LogP contribution >= 0.6 is 0 Å². The number of methoxy groups -OCH3 is 1. The van der Waals surface area contributed by atoms with E-state index in [4.69, 9.17) is 9.85 Å². The van der Waals surface area contributed by atoms with Crippen LogP contribution in [0.4, 0.5) is 5.69 Å². The van der Waals surface area contributed by atoms with Crippen molar-refractivity contribution in [1.29, 1.82) is 0 Å². The van der Waals surface area contributed by atoms with E-state index in [2.05, 4.69) is 30.9 Å². The van der Waals surface area contributed by atoms with Crippen LogP contribution in [0.2, 0.25) is 0 Å². The van der Waals surface area contributed by atoms with Crippen LogP contribution in [-0.2, 0) is 9.53 Å². The summed E-state index contributed by atoms with van der Waals surface area (Å²) in [4.78, 5) is 28.6. The number of pyridine rings is 1. The van der Waals surface area contributed by atoms with Gasteiger partial charge < -0.3 is 4.74 Å². The molecule has 2 bridgehead atoms. The molecule has 4 fully saturated rings. The molecule has 0 aliphatic heterocycles. The Balaban J connectivity index is 1.40. The molecule has 1 spiro atoms. The zero-order valence-electron chi connectivity index (χ0n) is 21.4. The fraction of sp³-hybridized carbons (Fsp3) is 0.750. The Bertz CT molecular complexity index is 1020. The lowest BCUT2D eigenvalue weighted by atomic mass is 9.40. The summed E-state index contributed by atoms with van der Waals surface area (Å²) in [5.41, 5.74) is 1.46. The van der Waals surface area contributed by atoms with Crippen LogP contribution in [0, 0.1) is 33.5 Å². The maximum absolute atomic E-state index is 12.9. The van der Waals surface area contributed by atoms with Gasteiger partial charge in [-0.25, -0.2) is 0 Å². The third kappa shape index (κ3) is 3.38. The number of ketones is 1. The van der Waals surface area contributed by atoms with Gasteiger partial charge in [-0.05, 0) is 98.5 Å². The zero-order valence-corrected chi connectivity index (χ0v) is 21.4. The second-order valence-corrected chi connectivity index (χ2v) is 12.5. The standard InChI is InChI=1S/C28H39N3O3/c1-18(32)20-8-7-19(16-29-20)30-31-23-15-28-14-10-21-26(3,22(28)9-13-25(23,2)17-28)11-6-12-27(21,4)24(33)34-5/h7-8,16,21-23H,6,9-15,17H2,1-5H3/t21?,22?,23?,25-,26+,27+,28-/m0/s1. The third-order valence-corrected chi connectivity index (χ3v) is 10.7. The Labute approximate surface area is 203 Å². The van der Waals surface area contributed by atoms with Crippen LogP contribution in [0.3, 0.4) is 0 Å². The van der Waals surface area contributed by atoms with Gasteiger partial charge >= 0.3 is 5.97 Å². The molecule has 1 aromatic heterocycles. The SMILES string of the molecule is COC(=O)[C@]1(C)CCC[C@@]2(C)C3CC[C@@]4(C)C[C@]3(CCC21)CC4N=Nc1ccc(C(C)=O)nc1. The van der Waals surface area contributed by atoms with Crippen molar-refractivity contribution in [3.8, 4) is 0 Å². The number of azo groups is 1. The van der Waals surface area contributed by atoms with Crippen molar-refractivity contribution in [2.75, 3.05) is 7.11 Å². The Morgan fingerprint density at radius 3 is 2.50 bits per heavy atom. The molecule has 0 radical (unpaired) electrons. The molecule has 4 aliphatic rings. The monoisotopic (exact) mass is 465 g/mol. The van der Waals surface area contributed by atoms with Crippen molar-refractivity contribution < 1.29 is 14.3 Å². The van der Waals surface area contributed by atoms with Crippen molar-refractivity contribution in [3.05, 3.63) is 24.0 Å². The molecule has 184 valence electrons. The summed E-state index contributed by atoms with van der Waals surface area (Å²) in [5, 5.41) is 9.47. The maximum atomic E-state index is 12.9. The lowest BCUT2D eigenvalue weighted by molar-refractivity contribution is -0.185. The molecule has 4 saturated carbocycles. The normalized spacial score (nSPS) is 43.3. The molecule has 1 heterocycles. The molecule has 1 aromatic rings. The number of rotatable bonds is 4. The van der Waals surface area contributed by atoms with Crippen LogP contribution in [0.25, 0.3) is 0 Å². The van der Waals surface area contributed by atoms with E-state index < -0.39 is 0 Å². The first-order valence-electron chi connectivity index (χ1n) is 13.0. The van der Waals surface area contributed by atoms with E-state index >= 15 is 0 Å². The summed E-state index contributed by atoms with van der Waals surface area (Å²) < 4.78 is 5.32. The summed E-state index contributed by atoms with van der Waals surface area (Å²) in [6.45, 7) is 8.59. The van der Waals surface area contributed by atoms with E-state index in [1.54, 1.807) is 19.4 Å². The number of Topliss-reactive ketones (excluding diaryl/α,β-unsaturated/α-hetero) is 1. The Hall–Kier alpha value is -2.11. The van der Waals surface area contributed by atoms with Crippen molar-refractivity contribution in [2.45, 2.75) is 91.5 Å². The Morgan fingerprint density at radius 1 is 1.06 bits per heavy atom. The van der Waals surface area contributed by atoms with Gasteiger partial charge in [0.05, 0.1) is 24.8 Å². The summed E-state index contributed by atoms with van der Waals surface area (Å²) >= 11 is 0. The highest BCUT2D eigenvalue weighted by Gasteiger charge is 2.68. The van der Waals surface area contributed by atoms with E-state index in [0.717, 1.165) is 25.7 Å². The van der Waals surface area contributed by atoms with Crippen LogP contribution in [0.5, 0.6) is 0 Å². The topological polar surface area (TPSA) is 81.0 Å². The number of hydrogen-bond donors (Lipinski definition) is 0. The molecule has 34 heavy (non-hydrogen) atoms. The minimum Gasteiger partial charge on any atom is -0.469 e. The number of hydrogen-bond acceptors (Lipinski definition) is 6. The maximum Gasteiger partial charge on any atom is 0.311 e. The van der Waals surface area contributed by atoms with Crippen LogP contribution in [0.15, 0.2) is 28.6 Å². The average molecular weight is 466 g/mol. The van der Waals surface area contributed by atoms with E-state index in [0.29, 0.717) is 28.6 Å². The predicted molar refractivity (Wildman–Crippen MR) is 130 cm³/mol. The lowest BCUT2D eigenvalue weighted by Crippen LogP contribution is -2.58. The molecule has 3 unspecified atom stereocenters. The second-order valence-electron chi connectivity index (χ2n) is 12.5. The van der Waals surface area contributed by atoms with E-state index in [1.807, 2.05) is 6.07 Å². The molecule has 0 amide bonds. The van der Waals surface area contributed by atoms with E-state index in [1.165, 1.54) is 39.0 Å². The minimum atomic E-state index is -0.360. The fourth-order valence-electron chi connectivity index (χ4n) is 9.18. The highest BCUT2D eigenvalue weighted by molar-refractivity contribution is 5.92.